The predicted octanol–water partition coefficient (Wildman–Crippen LogP) is 1.99. The Bertz CT molecular complexity index is 188. The number of hydrogen-bond acceptors (Lipinski definition) is 2. The highest BCUT2D eigenvalue weighted by Gasteiger charge is 2.40. The minimum absolute atomic E-state index is 0.0208. The summed E-state index contributed by atoms with van der Waals surface area (Å²) >= 11 is 0. The molecule has 2 aliphatic rings. The van der Waals surface area contributed by atoms with Crippen LogP contribution in [0.4, 0.5) is 0 Å². The SMILES string of the molecule is COC(=O)CC1C[C@@H]2CC[C@H]1C2. The van der Waals surface area contributed by atoms with Crippen molar-refractivity contribution >= 4 is 5.97 Å². The van der Waals surface area contributed by atoms with Crippen LogP contribution in [-0.4, -0.2) is 13.1 Å². The Hall–Kier alpha value is -0.530. The van der Waals surface area contributed by atoms with Crippen molar-refractivity contribution in [3.63, 3.8) is 0 Å². The first kappa shape index (κ1) is 8.09. The highest BCUT2D eigenvalue weighted by Crippen LogP contribution is 2.49. The van der Waals surface area contributed by atoms with Crippen molar-refractivity contribution in [2.45, 2.75) is 32.1 Å². The molecule has 0 aromatic carbocycles. The Labute approximate surface area is 73.3 Å². The van der Waals surface area contributed by atoms with Crippen LogP contribution in [0.3, 0.4) is 0 Å². The van der Waals surface area contributed by atoms with Gasteiger partial charge in [-0.2, -0.15) is 0 Å². The van der Waals surface area contributed by atoms with E-state index in [0.717, 1.165) is 11.8 Å². The quantitative estimate of drug-likeness (QED) is 0.589. The van der Waals surface area contributed by atoms with E-state index in [1.807, 2.05) is 0 Å². The average Bonchev–Trinajstić information content (AvgIpc) is 2.64. The third-order valence-corrected chi connectivity index (χ3v) is 3.54. The normalized spacial score (nSPS) is 38.6. The maximum Gasteiger partial charge on any atom is 0.305 e. The van der Waals surface area contributed by atoms with Crippen LogP contribution in [0.25, 0.3) is 0 Å². The van der Waals surface area contributed by atoms with Gasteiger partial charge in [-0.3, -0.25) is 4.79 Å². The van der Waals surface area contributed by atoms with Gasteiger partial charge in [0.1, 0.15) is 0 Å². The molecule has 0 spiro atoms. The minimum atomic E-state index is -0.0208. The molecule has 0 aromatic rings. The molecule has 2 heteroatoms. The highest BCUT2D eigenvalue weighted by atomic mass is 16.5. The van der Waals surface area contributed by atoms with Crippen LogP contribution < -0.4 is 0 Å². The zero-order valence-electron chi connectivity index (χ0n) is 7.58. The van der Waals surface area contributed by atoms with Crippen molar-refractivity contribution in [3.8, 4) is 0 Å². The van der Waals surface area contributed by atoms with Crippen LogP contribution in [0.1, 0.15) is 32.1 Å². The Morgan fingerprint density at radius 2 is 2.25 bits per heavy atom. The molecule has 0 radical (unpaired) electrons. The summed E-state index contributed by atoms with van der Waals surface area (Å²) in [6, 6.07) is 0. The monoisotopic (exact) mass is 168 g/mol. The van der Waals surface area contributed by atoms with Crippen LogP contribution >= 0.6 is 0 Å². The van der Waals surface area contributed by atoms with E-state index in [4.69, 9.17) is 0 Å². The molecule has 68 valence electrons. The molecule has 0 heterocycles. The van der Waals surface area contributed by atoms with Gasteiger partial charge >= 0.3 is 5.97 Å². The summed E-state index contributed by atoms with van der Waals surface area (Å²) < 4.78 is 4.68. The molecule has 12 heavy (non-hydrogen) atoms. The smallest absolute Gasteiger partial charge is 0.305 e. The Morgan fingerprint density at radius 3 is 2.75 bits per heavy atom. The number of carbonyl (C=O) groups excluding carboxylic acids is 1. The third kappa shape index (κ3) is 1.35. The van der Waals surface area contributed by atoms with E-state index in [0.29, 0.717) is 12.3 Å². The van der Waals surface area contributed by atoms with E-state index in [2.05, 4.69) is 4.74 Å². The second-order valence-corrected chi connectivity index (χ2v) is 4.22. The first-order valence-corrected chi connectivity index (χ1v) is 4.86. The van der Waals surface area contributed by atoms with Crippen LogP contribution in [-0.2, 0) is 9.53 Å². The Kier molecular flexibility index (Phi) is 2.07. The van der Waals surface area contributed by atoms with E-state index in [1.54, 1.807) is 0 Å². The standard InChI is InChI=1S/C10H16O2/c1-12-10(11)6-9-5-7-2-3-8(9)4-7/h7-9H,2-6H2,1H3/t7-,8+,9?/m1/s1. The van der Waals surface area contributed by atoms with E-state index in [9.17, 15) is 4.79 Å². The molecule has 0 amide bonds. The molecule has 3 atom stereocenters. The van der Waals surface area contributed by atoms with Crippen LogP contribution in [0.5, 0.6) is 0 Å². The first-order chi connectivity index (χ1) is 5.79. The summed E-state index contributed by atoms with van der Waals surface area (Å²) in [7, 11) is 1.48. The summed E-state index contributed by atoms with van der Waals surface area (Å²) in [6.07, 6.45) is 6.08. The second kappa shape index (κ2) is 3.08. The Morgan fingerprint density at radius 1 is 1.42 bits per heavy atom. The van der Waals surface area contributed by atoms with Gasteiger partial charge < -0.3 is 4.74 Å². The van der Waals surface area contributed by atoms with Crippen molar-refractivity contribution in [3.05, 3.63) is 0 Å². The summed E-state index contributed by atoms with van der Waals surface area (Å²) in [5.41, 5.74) is 0. The van der Waals surface area contributed by atoms with E-state index < -0.39 is 0 Å². The molecule has 2 bridgehead atoms. The summed E-state index contributed by atoms with van der Waals surface area (Å²) in [4.78, 5) is 11.0. The van der Waals surface area contributed by atoms with E-state index >= 15 is 0 Å². The van der Waals surface area contributed by atoms with Crippen molar-refractivity contribution in [1.82, 2.24) is 0 Å². The van der Waals surface area contributed by atoms with Crippen LogP contribution in [0.15, 0.2) is 0 Å². The fourth-order valence-electron chi connectivity index (χ4n) is 2.92. The number of rotatable bonds is 2. The van der Waals surface area contributed by atoms with Crippen molar-refractivity contribution in [1.29, 1.82) is 0 Å². The van der Waals surface area contributed by atoms with Gasteiger partial charge in [-0.15, -0.1) is 0 Å². The van der Waals surface area contributed by atoms with E-state index in [-0.39, 0.29) is 5.97 Å². The third-order valence-electron chi connectivity index (χ3n) is 3.54. The first-order valence-electron chi connectivity index (χ1n) is 4.86. The van der Waals surface area contributed by atoms with Gasteiger partial charge in [0.2, 0.25) is 0 Å². The zero-order chi connectivity index (χ0) is 8.55. The lowest BCUT2D eigenvalue weighted by atomic mass is 9.86. The molecule has 0 N–H and O–H groups in total. The van der Waals surface area contributed by atoms with Gasteiger partial charge in [0.15, 0.2) is 0 Å². The summed E-state index contributed by atoms with van der Waals surface area (Å²) in [5, 5.41) is 0. The van der Waals surface area contributed by atoms with Crippen molar-refractivity contribution in [2.24, 2.45) is 17.8 Å². The number of fused-ring (bicyclic) bond motifs is 2. The van der Waals surface area contributed by atoms with Gasteiger partial charge in [-0.25, -0.2) is 0 Å². The number of methoxy groups -OCH3 is 1. The second-order valence-electron chi connectivity index (χ2n) is 4.22. The van der Waals surface area contributed by atoms with Gasteiger partial charge in [-0.05, 0) is 37.0 Å². The number of carbonyl (C=O) groups is 1. The largest absolute Gasteiger partial charge is 0.469 e. The molecule has 2 rings (SSSR count). The summed E-state index contributed by atoms with van der Waals surface area (Å²) in [6.45, 7) is 0. The lowest BCUT2D eigenvalue weighted by Gasteiger charge is -2.19. The van der Waals surface area contributed by atoms with Gasteiger partial charge in [0, 0.05) is 6.42 Å². The number of esters is 1. The van der Waals surface area contributed by atoms with Gasteiger partial charge in [0.25, 0.3) is 0 Å². The zero-order valence-corrected chi connectivity index (χ0v) is 7.58. The van der Waals surface area contributed by atoms with Crippen LogP contribution in [0.2, 0.25) is 0 Å². The molecule has 0 aliphatic heterocycles. The topological polar surface area (TPSA) is 26.3 Å². The minimum Gasteiger partial charge on any atom is -0.469 e. The molecule has 0 saturated heterocycles. The predicted molar refractivity (Wildman–Crippen MR) is 45.6 cm³/mol. The fraction of sp³-hybridized carbons (Fsp3) is 0.900. The molecule has 2 nitrogen and oxygen atoms in total. The average molecular weight is 168 g/mol. The maximum atomic E-state index is 11.0. The summed E-state index contributed by atoms with van der Waals surface area (Å²) in [5.74, 6) is 2.41. The number of ether oxygens (including phenoxy) is 1. The van der Waals surface area contributed by atoms with Crippen molar-refractivity contribution < 1.29 is 9.53 Å². The molecular formula is C10H16O2. The lowest BCUT2D eigenvalue weighted by molar-refractivity contribution is -0.142. The highest BCUT2D eigenvalue weighted by molar-refractivity contribution is 5.69. The molecule has 1 unspecified atom stereocenters. The van der Waals surface area contributed by atoms with Gasteiger partial charge in [-0.1, -0.05) is 6.42 Å². The Balaban J connectivity index is 1.86. The molecule has 2 saturated carbocycles. The van der Waals surface area contributed by atoms with Gasteiger partial charge in [0.05, 0.1) is 7.11 Å². The van der Waals surface area contributed by atoms with E-state index in [1.165, 1.54) is 32.8 Å². The fourth-order valence-corrected chi connectivity index (χ4v) is 2.92. The lowest BCUT2D eigenvalue weighted by Crippen LogP contribution is -2.15. The van der Waals surface area contributed by atoms with Crippen LogP contribution in [0, 0.1) is 17.8 Å². The molecule has 0 aromatic heterocycles. The maximum absolute atomic E-state index is 11.0. The molecule has 2 fully saturated rings. The molecular weight excluding hydrogens is 152 g/mol. The van der Waals surface area contributed by atoms with Crippen molar-refractivity contribution in [2.75, 3.05) is 7.11 Å². The number of hydrogen-bond donors (Lipinski definition) is 0. The molecule has 2 aliphatic carbocycles.